The van der Waals surface area contributed by atoms with E-state index >= 15 is 0 Å². The number of halogens is 1. The highest BCUT2D eigenvalue weighted by Gasteiger charge is 2.25. The molecule has 0 N–H and O–H groups in total. The first kappa shape index (κ1) is 9.19. The molecule has 0 bridgehead atoms. The van der Waals surface area contributed by atoms with Crippen LogP contribution in [0.1, 0.15) is 11.7 Å². The molecule has 0 aliphatic carbocycles. The van der Waals surface area contributed by atoms with E-state index in [2.05, 4.69) is 28.1 Å². The Morgan fingerprint density at radius 1 is 1.31 bits per heavy atom. The molecule has 1 saturated heterocycles. The fourth-order valence-electron chi connectivity index (χ4n) is 1.38. The maximum absolute atomic E-state index is 5.63. The van der Waals surface area contributed by atoms with Crippen LogP contribution in [-0.4, -0.2) is 18.2 Å². The van der Waals surface area contributed by atoms with Gasteiger partial charge in [0.1, 0.15) is 6.10 Å². The molecule has 13 heavy (non-hydrogen) atoms. The van der Waals surface area contributed by atoms with Crippen molar-refractivity contribution in [2.75, 3.05) is 11.9 Å². The summed E-state index contributed by atoms with van der Waals surface area (Å²) >= 11 is 3.33. The summed E-state index contributed by atoms with van der Waals surface area (Å²) in [7, 11) is 0. The molecule has 0 aromatic heterocycles. The quantitative estimate of drug-likeness (QED) is 0.743. The second-order valence-corrected chi connectivity index (χ2v) is 3.60. The van der Waals surface area contributed by atoms with E-state index in [-0.39, 0.29) is 12.4 Å². The maximum Gasteiger partial charge on any atom is 0.168 e. The summed E-state index contributed by atoms with van der Waals surface area (Å²) in [6.45, 7) is 0.653. The van der Waals surface area contributed by atoms with Crippen LogP contribution in [-0.2, 0) is 9.47 Å². The first-order valence-corrected chi connectivity index (χ1v) is 5.40. The van der Waals surface area contributed by atoms with Crippen molar-refractivity contribution in [3.8, 4) is 0 Å². The van der Waals surface area contributed by atoms with Crippen LogP contribution >= 0.6 is 15.9 Å². The van der Waals surface area contributed by atoms with Gasteiger partial charge in [0.25, 0.3) is 0 Å². The summed E-state index contributed by atoms with van der Waals surface area (Å²) in [5, 5.41) is 0.732. The molecule has 1 fully saturated rings. The summed E-state index contributed by atoms with van der Waals surface area (Å²) in [5.74, 6) is 0. The molecule has 2 atom stereocenters. The molecule has 1 heterocycles. The van der Waals surface area contributed by atoms with Crippen molar-refractivity contribution in [1.29, 1.82) is 0 Å². The van der Waals surface area contributed by atoms with Crippen molar-refractivity contribution >= 4 is 15.9 Å². The molecule has 0 saturated carbocycles. The van der Waals surface area contributed by atoms with Crippen molar-refractivity contribution < 1.29 is 9.47 Å². The van der Waals surface area contributed by atoms with Gasteiger partial charge < -0.3 is 9.47 Å². The zero-order chi connectivity index (χ0) is 9.10. The van der Waals surface area contributed by atoms with Crippen molar-refractivity contribution in [3.63, 3.8) is 0 Å². The van der Waals surface area contributed by atoms with Gasteiger partial charge in [-0.05, 0) is 5.56 Å². The van der Waals surface area contributed by atoms with E-state index in [4.69, 9.17) is 9.47 Å². The number of benzene rings is 1. The Labute approximate surface area is 86.0 Å². The molecule has 3 heteroatoms. The van der Waals surface area contributed by atoms with Gasteiger partial charge in [-0.15, -0.1) is 0 Å². The lowest BCUT2D eigenvalue weighted by Gasteiger charge is -2.08. The van der Waals surface area contributed by atoms with Crippen LogP contribution in [0, 0.1) is 0 Å². The van der Waals surface area contributed by atoms with Crippen molar-refractivity contribution in [2.24, 2.45) is 0 Å². The first-order chi connectivity index (χ1) is 6.40. The van der Waals surface area contributed by atoms with Gasteiger partial charge in [-0.3, -0.25) is 0 Å². The van der Waals surface area contributed by atoms with E-state index < -0.39 is 0 Å². The Hall–Kier alpha value is -0.380. The van der Waals surface area contributed by atoms with Crippen LogP contribution in [0.5, 0.6) is 0 Å². The van der Waals surface area contributed by atoms with Crippen molar-refractivity contribution in [1.82, 2.24) is 0 Å². The highest BCUT2D eigenvalue weighted by atomic mass is 79.9. The monoisotopic (exact) mass is 242 g/mol. The maximum atomic E-state index is 5.63. The Morgan fingerprint density at radius 2 is 2.08 bits per heavy atom. The summed E-state index contributed by atoms with van der Waals surface area (Å²) < 4.78 is 11.0. The van der Waals surface area contributed by atoms with Crippen LogP contribution in [0.25, 0.3) is 0 Å². The zero-order valence-corrected chi connectivity index (χ0v) is 8.74. The van der Waals surface area contributed by atoms with Gasteiger partial charge in [-0.25, -0.2) is 0 Å². The van der Waals surface area contributed by atoms with Crippen LogP contribution in [0.4, 0.5) is 0 Å². The number of hydrogen-bond acceptors (Lipinski definition) is 2. The Bertz CT molecular complexity index is 263. The first-order valence-electron chi connectivity index (χ1n) is 4.28. The third-order valence-corrected chi connectivity index (χ3v) is 2.58. The van der Waals surface area contributed by atoms with E-state index in [9.17, 15) is 0 Å². The average Bonchev–Trinajstić information content (AvgIpc) is 2.67. The molecule has 1 aromatic carbocycles. The van der Waals surface area contributed by atoms with Gasteiger partial charge >= 0.3 is 0 Å². The van der Waals surface area contributed by atoms with Crippen LogP contribution in [0.2, 0.25) is 0 Å². The Balaban J connectivity index is 2.04. The second kappa shape index (κ2) is 4.22. The standard InChI is InChI=1S/C10H11BrO2/c11-6-10-12-7-9(13-10)8-4-2-1-3-5-8/h1-5,9-10H,6-7H2/t9-,10+/m0/s1. The van der Waals surface area contributed by atoms with E-state index in [0.29, 0.717) is 6.61 Å². The third-order valence-electron chi connectivity index (χ3n) is 2.05. The largest absolute Gasteiger partial charge is 0.349 e. The minimum absolute atomic E-state index is 0.0924. The number of rotatable bonds is 2. The normalized spacial score (nSPS) is 27.8. The van der Waals surface area contributed by atoms with Crippen LogP contribution in [0.3, 0.4) is 0 Å². The lowest BCUT2D eigenvalue weighted by Crippen LogP contribution is -2.08. The van der Waals surface area contributed by atoms with Crippen molar-refractivity contribution in [3.05, 3.63) is 35.9 Å². The number of alkyl halides is 1. The average molecular weight is 243 g/mol. The van der Waals surface area contributed by atoms with E-state index in [0.717, 1.165) is 5.33 Å². The molecular formula is C10H11BrO2. The Morgan fingerprint density at radius 3 is 2.69 bits per heavy atom. The SMILES string of the molecule is BrC[C@@H]1OC[C@@H](c2ccccc2)O1. The molecule has 1 aliphatic heterocycles. The fraction of sp³-hybridized carbons (Fsp3) is 0.400. The topological polar surface area (TPSA) is 18.5 Å². The summed E-state index contributed by atoms with van der Waals surface area (Å²) in [4.78, 5) is 0. The molecule has 1 aromatic rings. The summed E-state index contributed by atoms with van der Waals surface area (Å²) in [6.07, 6.45) is 0.00829. The highest BCUT2D eigenvalue weighted by Crippen LogP contribution is 2.26. The van der Waals surface area contributed by atoms with Crippen molar-refractivity contribution in [2.45, 2.75) is 12.4 Å². The van der Waals surface area contributed by atoms with Gasteiger partial charge in [0.2, 0.25) is 0 Å². The minimum Gasteiger partial charge on any atom is -0.349 e. The third kappa shape index (κ3) is 2.10. The van der Waals surface area contributed by atoms with Crippen LogP contribution in [0.15, 0.2) is 30.3 Å². The molecule has 2 nitrogen and oxygen atoms in total. The van der Waals surface area contributed by atoms with Gasteiger partial charge in [0.15, 0.2) is 6.29 Å². The zero-order valence-electron chi connectivity index (χ0n) is 7.15. The molecule has 1 aliphatic rings. The number of ether oxygens (including phenoxy) is 2. The minimum atomic E-state index is -0.0924. The molecule has 70 valence electrons. The molecular weight excluding hydrogens is 232 g/mol. The van der Waals surface area contributed by atoms with E-state index in [1.807, 2.05) is 18.2 Å². The second-order valence-electron chi connectivity index (χ2n) is 2.95. The molecule has 0 amide bonds. The molecule has 0 spiro atoms. The van der Waals surface area contributed by atoms with E-state index in [1.165, 1.54) is 5.56 Å². The van der Waals surface area contributed by atoms with Gasteiger partial charge in [-0.2, -0.15) is 0 Å². The fourth-order valence-corrected chi connectivity index (χ4v) is 1.72. The Kier molecular flexibility index (Phi) is 2.98. The predicted octanol–water partition coefficient (Wildman–Crippen LogP) is 2.50. The van der Waals surface area contributed by atoms with E-state index in [1.54, 1.807) is 0 Å². The van der Waals surface area contributed by atoms with Gasteiger partial charge in [0, 0.05) is 0 Å². The molecule has 2 rings (SSSR count). The summed E-state index contributed by atoms with van der Waals surface area (Å²) in [5.41, 5.74) is 1.19. The smallest absolute Gasteiger partial charge is 0.168 e. The van der Waals surface area contributed by atoms with Gasteiger partial charge in [-0.1, -0.05) is 46.3 Å². The number of hydrogen-bond donors (Lipinski definition) is 0. The summed E-state index contributed by atoms with van der Waals surface area (Å²) in [6, 6.07) is 10.1. The predicted molar refractivity (Wildman–Crippen MR) is 53.8 cm³/mol. The lowest BCUT2D eigenvalue weighted by atomic mass is 10.1. The van der Waals surface area contributed by atoms with Gasteiger partial charge in [0.05, 0.1) is 11.9 Å². The van der Waals surface area contributed by atoms with Crippen LogP contribution < -0.4 is 0 Å². The lowest BCUT2D eigenvalue weighted by molar-refractivity contribution is -0.0379. The highest BCUT2D eigenvalue weighted by molar-refractivity contribution is 9.09. The molecule has 0 unspecified atom stereocenters. The molecule has 0 radical (unpaired) electrons.